The number of fused-ring (bicyclic) bond motifs is 3. The number of aromatic nitrogens is 1. The third-order valence-electron chi connectivity index (χ3n) is 5.41. The van der Waals surface area contributed by atoms with E-state index in [1.807, 2.05) is 25.1 Å². The van der Waals surface area contributed by atoms with E-state index in [-0.39, 0.29) is 17.8 Å². The minimum atomic E-state index is -0.274. The second-order valence-electron chi connectivity index (χ2n) is 7.44. The number of nitrogens with one attached hydrogen (secondary N) is 2. The molecule has 2 atom stereocenters. The number of hydrogen-bond acceptors (Lipinski definition) is 1. The Morgan fingerprint density at radius 3 is 2.77 bits per heavy atom. The standard InChI is InChI=1S/C22H23FN2O/c1-13-3-9-20-18(11-13)19-12-16(6-10-21(19)25-20)22(26)24-14(2)15-4-7-17(23)8-5-15/h4-8,10,12-14,25H,3,9,11H2,1-2H3,(H,24,26). The summed E-state index contributed by atoms with van der Waals surface area (Å²) in [6.07, 6.45) is 3.35. The molecule has 2 unspecified atom stereocenters. The van der Waals surface area contributed by atoms with Gasteiger partial charge in [0.15, 0.2) is 0 Å². The van der Waals surface area contributed by atoms with Crippen LogP contribution in [0.4, 0.5) is 4.39 Å². The van der Waals surface area contributed by atoms with Gasteiger partial charge in [0.1, 0.15) is 5.82 Å². The minimum absolute atomic E-state index is 0.109. The Balaban J connectivity index is 1.58. The van der Waals surface area contributed by atoms with Gasteiger partial charge in [-0.15, -0.1) is 0 Å². The highest BCUT2D eigenvalue weighted by Gasteiger charge is 2.21. The smallest absolute Gasteiger partial charge is 0.251 e. The molecule has 1 heterocycles. The minimum Gasteiger partial charge on any atom is -0.358 e. The molecule has 0 bridgehead atoms. The van der Waals surface area contributed by atoms with Crippen LogP contribution in [0.5, 0.6) is 0 Å². The zero-order valence-electron chi connectivity index (χ0n) is 15.1. The molecule has 0 saturated carbocycles. The highest BCUT2D eigenvalue weighted by molar-refractivity contribution is 5.99. The fourth-order valence-corrected chi connectivity index (χ4v) is 3.85. The number of rotatable bonds is 3. The van der Waals surface area contributed by atoms with Crippen molar-refractivity contribution in [1.82, 2.24) is 10.3 Å². The predicted molar refractivity (Wildman–Crippen MR) is 102 cm³/mol. The Bertz CT molecular complexity index is 958. The molecule has 0 saturated heterocycles. The number of benzene rings is 2. The molecule has 0 fully saturated rings. The van der Waals surface area contributed by atoms with Gasteiger partial charge >= 0.3 is 0 Å². The van der Waals surface area contributed by atoms with Crippen LogP contribution in [-0.4, -0.2) is 10.9 Å². The monoisotopic (exact) mass is 350 g/mol. The highest BCUT2D eigenvalue weighted by atomic mass is 19.1. The van der Waals surface area contributed by atoms with Crippen LogP contribution in [0.2, 0.25) is 0 Å². The lowest BCUT2D eigenvalue weighted by atomic mass is 9.87. The summed E-state index contributed by atoms with van der Waals surface area (Å²) in [7, 11) is 0. The average Bonchev–Trinajstić information content (AvgIpc) is 2.99. The average molecular weight is 350 g/mol. The Morgan fingerprint density at radius 1 is 1.23 bits per heavy atom. The second-order valence-corrected chi connectivity index (χ2v) is 7.44. The maximum absolute atomic E-state index is 13.1. The predicted octanol–water partition coefficient (Wildman–Crippen LogP) is 4.92. The first-order valence-corrected chi connectivity index (χ1v) is 9.21. The fourth-order valence-electron chi connectivity index (χ4n) is 3.85. The molecular formula is C22H23FN2O. The molecule has 2 N–H and O–H groups in total. The van der Waals surface area contributed by atoms with Gasteiger partial charge in [-0.2, -0.15) is 0 Å². The van der Waals surface area contributed by atoms with Crippen LogP contribution in [0, 0.1) is 11.7 Å². The second kappa shape index (κ2) is 6.60. The summed E-state index contributed by atoms with van der Waals surface area (Å²) in [4.78, 5) is 16.2. The first-order valence-electron chi connectivity index (χ1n) is 9.21. The van der Waals surface area contributed by atoms with Crippen LogP contribution < -0.4 is 5.32 Å². The van der Waals surface area contributed by atoms with Crippen LogP contribution in [0.1, 0.15) is 53.5 Å². The van der Waals surface area contributed by atoms with Gasteiger partial charge in [-0.25, -0.2) is 4.39 Å². The number of aryl methyl sites for hydroxylation is 1. The zero-order valence-corrected chi connectivity index (χ0v) is 15.1. The highest BCUT2D eigenvalue weighted by Crippen LogP contribution is 2.32. The van der Waals surface area contributed by atoms with Gasteiger partial charge in [0.2, 0.25) is 0 Å². The summed E-state index contributed by atoms with van der Waals surface area (Å²) in [6.45, 7) is 4.19. The number of halogens is 1. The topological polar surface area (TPSA) is 44.9 Å². The summed E-state index contributed by atoms with van der Waals surface area (Å²) in [5, 5.41) is 4.17. The fraction of sp³-hybridized carbons (Fsp3) is 0.318. The van der Waals surface area contributed by atoms with Crippen LogP contribution in [-0.2, 0) is 12.8 Å². The number of amides is 1. The van der Waals surface area contributed by atoms with Crippen LogP contribution in [0.15, 0.2) is 42.5 Å². The van der Waals surface area contributed by atoms with E-state index in [1.165, 1.54) is 29.8 Å². The van der Waals surface area contributed by atoms with Gasteiger partial charge in [0.25, 0.3) is 5.91 Å². The van der Waals surface area contributed by atoms with E-state index >= 15 is 0 Å². The molecule has 1 aliphatic rings. The SMILES string of the molecule is CC1CCc2[nH]c3ccc(C(=O)NC(C)c4ccc(F)cc4)cc3c2C1. The van der Waals surface area contributed by atoms with Crippen molar-refractivity contribution in [3.63, 3.8) is 0 Å². The maximum atomic E-state index is 13.1. The first kappa shape index (κ1) is 16.8. The molecule has 0 spiro atoms. The first-order chi connectivity index (χ1) is 12.5. The molecule has 3 aromatic rings. The third-order valence-corrected chi connectivity index (χ3v) is 5.41. The Kier molecular flexibility index (Phi) is 4.27. The van der Waals surface area contributed by atoms with E-state index in [9.17, 15) is 9.18 Å². The van der Waals surface area contributed by atoms with Crippen molar-refractivity contribution in [3.05, 3.63) is 70.7 Å². The van der Waals surface area contributed by atoms with Crippen molar-refractivity contribution in [1.29, 1.82) is 0 Å². The summed E-state index contributed by atoms with van der Waals surface area (Å²) < 4.78 is 13.1. The maximum Gasteiger partial charge on any atom is 0.251 e. The zero-order chi connectivity index (χ0) is 18.3. The van der Waals surface area contributed by atoms with Gasteiger partial charge in [-0.05, 0) is 73.6 Å². The number of carbonyl (C=O) groups excluding carboxylic acids is 1. The van der Waals surface area contributed by atoms with E-state index in [4.69, 9.17) is 0 Å². The molecule has 2 aromatic carbocycles. The Labute approximate surface area is 152 Å². The Hall–Kier alpha value is -2.62. The molecule has 0 radical (unpaired) electrons. The molecule has 1 amide bonds. The molecule has 26 heavy (non-hydrogen) atoms. The van der Waals surface area contributed by atoms with Crippen molar-refractivity contribution in [2.75, 3.05) is 0 Å². The lowest BCUT2D eigenvalue weighted by Gasteiger charge is -2.18. The molecule has 4 rings (SSSR count). The van der Waals surface area contributed by atoms with Crippen LogP contribution in [0.25, 0.3) is 10.9 Å². The van der Waals surface area contributed by atoms with Crippen molar-refractivity contribution in [2.45, 2.75) is 39.2 Å². The largest absolute Gasteiger partial charge is 0.358 e. The lowest BCUT2D eigenvalue weighted by molar-refractivity contribution is 0.0940. The van der Waals surface area contributed by atoms with E-state index in [0.717, 1.165) is 29.3 Å². The lowest BCUT2D eigenvalue weighted by Crippen LogP contribution is -2.26. The van der Waals surface area contributed by atoms with Gasteiger partial charge in [0.05, 0.1) is 6.04 Å². The van der Waals surface area contributed by atoms with E-state index < -0.39 is 0 Å². The Morgan fingerprint density at radius 2 is 2.00 bits per heavy atom. The summed E-state index contributed by atoms with van der Waals surface area (Å²) in [6, 6.07) is 11.9. The summed E-state index contributed by atoms with van der Waals surface area (Å²) >= 11 is 0. The quantitative estimate of drug-likeness (QED) is 0.692. The normalized spacial score (nSPS) is 17.7. The number of carbonyl (C=O) groups is 1. The molecule has 0 aliphatic heterocycles. The molecule has 1 aliphatic carbocycles. The van der Waals surface area contributed by atoms with Crippen molar-refractivity contribution >= 4 is 16.8 Å². The molecule has 3 nitrogen and oxygen atoms in total. The van der Waals surface area contributed by atoms with Gasteiger partial charge in [0, 0.05) is 22.2 Å². The van der Waals surface area contributed by atoms with Crippen molar-refractivity contribution in [2.24, 2.45) is 5.92 Å². The molecule has 134 valence electrons. The van der Waals surface area contributed by atoms with Gasteiger partial charge < -0.3 is 10.3 Å². The van der Waals surface area contributed by atoms with E-state index in [2.05, 4.69) is 17.2 Å². The third kappa shape index (κ3) is 3.12. The van der Waals surface area contributed by atoms with Gasteiger partial charge in [-0.1, -0.05) is 19.1 Å². The van der Waals surface area contributed by atoms with E-state index in [1.54, 1.807) is 12.1 Å². The molecular weight excluding hydrogens is 327 g/mol. The number of aromatic amines is 1. The van der Waals surface area contributed by atoms with Gasteiger partial charge in [-0.3, -0.25) is 4.79 Å². The number of H-pyrrole nitrogens is 1. The van der Waals surface area contributed by atoms with Crippen molar-refractivity contribution < 1.29 is 9.18 Å². The van der Waals surface area contributed by atoms with E-state index in [0.29, 0.717) is 11.5 Å². The van der Waals surface area contributed by atoms with Crippen molar-refractivity contribution in [3.8, 4) is 0 Å². The summed E-state index contributed by atoms with van der Waals surface area (Å²) in [5.74, 6) is 0.296. The summed E-state index contributed by atoms with van der Waals surface area (Å²) in [5.41, 5.74) is 5.32. The van der Waals surface area contributed by atoms with Crippen LogP contribution in [0.3, 0.4) is 0 Å². The molecule has 4 heteroatoms. The molecule has 1 aromatic heterocycles. The van der Waals surface area contributed by atoms with Crippen LogP contribution >= 0.6 is 0 Å². The number of hydrogen-bond donors (Lipinski definition) is 2.